The van der Waals surface area contributed by atoms with Crippen molar-refractivity contribution in [1.29, 1.82) is 0 Å². The van der Waals surface area contributed by atoms with Crippen LogP contribution in [0.4, 0.5) is 0 Å². The number of fused-ring (bicyclic) bond motifs is 2. The summed E-state index contributed by atoms with van der Waals surface area (Å²) in [4.78, 5) is 25.0. The summed E-state index contributed by atoms with van der Waals surface area (Å²) in [5.74, 6) is 2.46. The van der Waals surface area contributed by atoms with Crippen molar-refractivity contribution >= 4 is 35.8 Å². The van der Waals surface area contributed by atoms with E-state index in [0.29, 0.717) is 11.9 Å². The molecule has 0 spiro atoms. The molecule has 2 bridgehead atoms. The van der Waals surface area contributed by atoms with Crippen molar-refractivity contribution in [2.45, 2.75) is 44.7 Å². The SMILES string of the molecule is I.O=C(C1CCCN(C2=NCCN2Cc2ccccc2)C1)N1CC2CCC1C2. The Morgan fingerprint density at radius 2 is 1.93 bits per heavy atom. The zero-order valence-corrected chi connectivity index (χ0v) is 18.8. The van der Waals surface area contributed by atoms with Crippen LogP contribution in [0.3, 0.4) is 0 Å². The minimum Gasteiger partial charge on any atom is -0.342 e. The van der Waals surface area contributed by atoms with Gasteiger partial charge in [0.2, 0.25) is 5.91 Å². The Bertz CT molecular complexity index is 725. The van der Waals surface area contributed by atoms with E-state index >= 15 is 0 Å². The first-order chi connectivity index (χ1) is 13.3. The number of benzene rings is 1. The summed E-state index contributed by atoms with van der Waals surface area (Å²) < 4.78 is 0. The topological polar surface area (TPSA) is 39.2 Å². The van der Waals surface area contributed by atoms with Gasteiger partial charge < -0.3 is 14.7 Å². The second-order valence-corrected chi connectivity index (χ2v) is 8.70. The van der Waals surface area contributed by atoms with Gasteiger partial charge in [-0.15, -0.1) is 24.0 Å². The van der Waals surface area contributed by atoms with E-state index in [4.69, 9.17) is 4.99 Å². The van der Waals surface area contributed by atoms with Crippen LogP contribution in [0.2, 0.25) is 0 Å². The second kappa shape index (κ2) is 8.59. The number of guanidine groups is 1. The maximum absolute atomic E-state index is 13.2. The van der Waals surface area contributed by atoms with E-state index in [1.807, 2.05) is 0 Å². The molecule has 2 saturated heterocycles. The van der Waals surface area contributed by atoms with Crippen LogP contribution in [0.1, 0.15) is 37.7 Å². The van der Waals surface area contributed by atoms with Gasteiger partial charge in [0.05, 0.1) is 12.5 Å². The number of likely N-dealkylation sites (tertiary alicyclic amines) is 2. The van der Waals surface area contributed by atoms with Gasteiger partial charge in [-0.3, -0.25) is 9.79 Å². The molecule has 1 saturated carbocycles. The number of hydrogen-bond donors (Lipinski definition) is 0. The quantitative estimate of drug-likeness (QED) is 0.607. The summed E-state index contributed by atoms with van der Waals surface area (Å²) in [5, 5.41) is 0. The fourth-order valence-corrected chi connectivity index (χ4v) is 5.51. The molecule has 152 valence electrons. The lowest BCUT2D eigenvalue weighted by atomic mass is 9.95. The lowest BCUT2D eigenvalue weighted by Gasteiger charge is -2.39. The number of halogens is 1. The van der Waals surface area contributed by atoms with E-state index in [0.717, 1.165) is 64.0 Å². The number of carbonyl (C=O) groups is 1. The first kappa shape index (κ1) is 20.0. The Labute approximate surface area is 185 Å². The smallest absolute Gasteiger partial charge is 0.227 e. The highest BCUT2D eigenvalue weighted by molar-refractivity contribution is 14.0. The number of rotatable bonds is 3. The third-order valence-corrected chi connectivity index (χ3v) is 6.87. The fourth-order valence-electron chi connectivity index (χ4n) is 5.51. The van der Waals surface area contributed by atoms with Crippen molar-refractivity contribution in [2.75, 3.05) is 32.7 Å². The minimum atomic E-state index is 0. The first-order valence-electron chi connectivity index (χ1n) is 10.7. The molecule has 0 radical (unpaired) electrons. The molecule has 5 nitrogen and oxygen atoms in total. The normalized spacial score (nSPS) is 29.1. The largest absolute Gasteiger partial charge is 0.342 e. The van der Waals surface area contributed by atoms with Gasteiger partial charge in [0.1, 0.15) is 0 Å². The summed E-state index contributed by atoms with van der Waals surface area (Å²) in [6.45, 7) is 5.64. The van der Waals surface area contributed by atoms with E-state index in [1.54, 1.807) is 0 Å². The first-order valence-corrected chi connectivity index (χ1v) is 10.7. The number of hydrogen-bond acceptors (Lipinski definition) is 4. The van der Waals surface area contributed by atoms with E-state index in [9.17, 15) is 4.79 Å². The van der Waals surface area contributed by atoms with Gasteiger partial charge in [0.15, 0.2) is 5.96 Å². The number of carbonyl (C=O) groups excluding carboxylic acids is 1. The average molecular weight is 494 g/mol. The summed E-state index contributed by atoms with van der Waals surface area (Å²) in [6, 6.07) is 11.2. The van der Waals surface area contributed by atoms with Crippen molar-refractivity contribution in [2.24, 2.45) is 16.8 Å². The van der Waals surface area contributed by atoms with Gasteiger partial charge in [0.25, 0.3) is 0 Å². The lowest BCUT2D eigenvalue weighted by molar-refractivity contribution is -0.138. The van der Waals surface area contributed by atoms with Gasteiger partial charge >= 0.3 is 0 Å². The Hall–Kier alpha value is -1.31. The summed E-state index contributed by atoms with van der Waals surface area (Å²) in [6.07, 6.45) is 5.94. The van der Waals surface area contributed by atoms with Crippen LogP contribution in [0, 0.1) is 11.8 Å². The fraction of sp³-hybridized carbons (Fsp3) is 0.636. The molecular formula is C22H31IN4O. The molecule has 6 heteroatoms. The van der Waals surface area contributed by atoms with Gasteiger partial charge in [-0.25, -0.2) is 0 Å². The van der Waals surface area contributed by atoms with Gasteiger partial charge in [-0.05, 0) is 43.6 Å². The molecule has 28 heavy (non-hydrogen) atoms. The number of amides is 1. The third kappa shape index (κ3) is 3.89. The molecule has 5 rings (SSSR count). The predicted octanol–water partition coefficient (Wildman–Crippen LogP) is 3.20. The van der Waals surface area contributed by atoms with Crippen LogP contribution in [0.25, 0.3) is 0 Å². The molecule has 3 aliphatic heterocycles. The maximum Gasteiger partial charge on any atom is 0.227 e. The lowest BCUT2D eigenvalue weighted by Crippen LogP contribution is -2.51. The standard InChI is InChI=1S/C22H30N4O.HI/c27-21(26-15-18-8-9-20(26)13-18)19-7-4-11-24(16-19)22-23-10-12-25(22)14-17-5-2-1-3-6-17;/h1-3,5-6,18-20H,4,7-16H2;1H. The molecule has 3 fully saturated rings. The molecule has 4 aliphatic rings. The number of aliphatic imine (C=N–C) groups is 1. The molecule has 3 heterocycles. The predicted molar refractivity (Wildman–Crippen MR) is 122 cm³/mol. The molecule has 0 N–H and O–H groups in total. The van der Waals surface area contributed by atoms with Gasteiger partial charge in [-0.1, -0.05) is 30.3 Å². The third-order valence-electron chi connectivity index (χ3n) is 6.87. The Morgan fingerprint density at radius 3 is 2.68 bits per heavy atom. The maximum atomic E-state index is 13.2. The molecule has 1 aromatic rings. The minimum absolute atomic E-state index is 0. The van der Waals surface area contributed by atoms with Crippen LogP contribution in [0.15, 0.2) is 35.3 Å². The summed E-state index contributed by atoms with van der Waals surface area (Å²) >= 11 is 0. The van der Waals surface area contributed by atoms with Crippen LogP contribution in [0.5, 0.6) is 0 Å². The molecule has 1 aromatic carbocycles. The zero-order chi connectivity index (χ0) is 18.2. The molecule has 0 aromatic heterocycles. The van der Waals surface area contributed by atoms with Gasteiger partial charge in [-0.2, -0.15) is 0 Å². The van der Waals surface area contributed by atoms with Crippen molar-refractivity contribution in [3.8, 4) is 0 Å². The molecule has 1 amide bonds. The van der Waals surface area contributed by atoms with Crippen LogP contribution < -0.4 is 0 Å². The Morgan fingerprint density at radius 1 is 1.07 bits per heavy atom. The van der Waals surface area contributed by atoms with Crippen molar-refractivity contribution in [1.82, 2.24) is 14.7 Å². The monoisotopic (exact) mass is 494 g/mol. The van der Waals surface area contributed by atoms with Crippen molar-refractivity contribution in [3.05, 3.63) is 35.9 Å². The second-order valence-electron chi connectivity index (χ2n) is 8.70. The van der Waals surface area contributed by atoms with Crippen molar-refractivity contribution in [3.63, 3.8) is 0 Å². The highest BCUT2D eigenvalue weighted by Gasteiger charge is 2.43. The Kier molecular flexibility index (Phi) is 6.13. The number of nitrogens with zero attached hydrogens (tertiary/aromatic N) is 4. The van der Waals surface area contributed by atoms with E-state index < -0.39 is 0 Å². The average Bonchev–Trinajstić information content (AvgIpc) is 3.45. The highest BCUT2D eigenvalue weighted by atomic mass is 127. The zero-order valence-electron chi connectivity index (χ0n) is 16.5. The summed E-state index contributed by atoms with van der Waals surface area (Å²) in [5.41, 5.74) is 1.32. The summed E-state index contributed by atoms with van der Waals surface area (Å²) in [7, 11) is 0. The van der Waals surface area contributed by atoms with Crippen molar-refractivity contribution < 1.29 is 4.79 Å². The molecular weight excluding hydrogens is 463 g/mol. The number of piperidine rings is 2. The van der Waals surface area contributed by atoms with Crippen LogP contribution >= 0.6 is 24.0 Å². The highest BCUT2D eigenvalue weighted by Crippen LogP contribution is 2.38. The van der Waals surface area contributed by atoms with E-state index in [-0.39, 0.29) is 29.9 Å². The Balaban J connectivity index is 0.00000192. The molecule has 3 unspecified atom stereocenters. The van der Waals surface area contributed by atoms with E-state index in [2.05, 4.69) is 45.0 Å². The van der Waals surface area contributed by atoms with E-state index in [1.165, 1.54) is 24.8 Å². The van der Waals surface area contributed by atoms with Crippen LogP contribution in [-0.4, -0.2) is 65.3 Å². The van der Waals surface area contributed by atoms with Gasteiger partial charge in [0, 0.05) is 38.8 Å². The molecule has 1 aliphatic carbocycles. The molecule has 3 atom stereocenters. The van der Waals surface area contributed by atoms with Crippen LogP contribution in [-0.2, 0) is 11.3 Å².